The minimum atomic E-state index is -0.537. The van der Waals surface area contributed by atoms with Gasteiger partial charge in [-0.2, -0.15) is 4.80 Å². The van der Waals surface area contributed by atoms with Gasteiger partial charge in [0.05, 0.1) is 18.8 Å². The lowest BCUT2D eigenvalue weighted by atomic mass is 10.0. The third kappa shape index (κ3) is 4.37. The smallest absolute Gasteiger partial charge is 0.361 e. The van der Waals surface area contributed by atoms with Gasteiger partial charge in [0.1, 0.15) is 17.4 Å². The third-order valence-electron chi connectivity index (χ3n) is 4.62. The summed E-state index contributed by atoms with van der Waals surface area (Å²) < 4.78 is 19.3. The summed E-state index contributed by atoms with van der Waals surface area (Å²) in [7, 11) is 1.65. The topological polar surface area (TPSA) is 108 Å². The summed E-state index contributed by atoms with van der Waals surface area (Å²) in [5.41, 5.74) is 3.13. The molecule has 3 heterocycles. The van der Waals surface area contributed by atoms with Gasteiger partial charge in [0.15, 0.2) is 0 Å². The van der Waals surface area contributed by atoms with Gasteiger partial charge in [-0.15, -0.1) is 0 Å². The largest absolute Gasteiger partial charge is 0.422 e. The summed E-state index contributed by atoms with van der Waals surface area (Å²) >= 11 is 0. The fraction of sp³-hybridized carbons (Fsp3) is 0.143. The van der Waals surface area contributed by atoms with E-state index >= 15 is 0 Å². The SMILES string of the molecule is Cc1ccc(Oc2nnn(C)n2)cc1-c1ccc(NC(=O)c2cncc(F)c2C)nc1. The number of hydrogen-bond acceptors (Lipinski definition) is 7. The molecule has 31 heavy (non-hydrogen) atoms. The Morgan fingerprint density at radius 3 is 2.68 bits per heavy atom. The van der Waals surface area contributed by atoms with E-state index in [2.05, 4.69) is 30.7 Å². The molecule has 3 aromatic heterocycles. The standard InChI is InChI=1S/C21H18FN7O2/c1-12-4-6-15(31-21-26-28-29(3)27-21)8-16(12)14-5-7-19(24-9-14)25-20(30)17-10-23-11-18(22)13(17)2/h4-11H,1-3H3,(H,24,25,30). The van der Waals surface area contributed by atoms with Gasteiger partial charge < -0.3 is 10.1 Å². The Balaban J connectivity index is 1.53. The van der Waals surface area contributed by atoms with Gasteiger partial charge in [0, 0.05) is 23.5 Å². The van der Waals surface area contributed by atoms with Crippen LogP contribution in [0.25, 0.3) is 11.1 Å². The number of ether oxygens (including phenoxy) is 1. The molecule has 0 saturated carbocycles. The number of pyridine rings is 2. The molecule has 4 aromatic rings. The Hall–Kier alpha value is -4.21. The molecule has 0 aliphatic carbocycles. The second-order valence-electron chi connectivity index (χ2n) is 6.82. The Morgan fingerprint density at radius 2 is 1.97 bits per heavy atom. The Labute approximate surface area is 176 Å². The fourth-order valence-corrected chi connectivity index (χ4v) is 2.93. The van der Waals surface area contributed by atoms with E-state index in [1.165, 1.54) is 17.9 Å². The highest BCUT2D eigenvalue weighted by Crippen LogP contribution is 2.29. The molecule has 9 nitrogen and oxygen atoms in total. The molecule has 4 rings (SSSR count). The first kappa shape index (κ1) is 20.1. The number of nitrogens with one attached hydrogen (secondary N) is 1. The molecule has 1 amide bonds. The summed E-state index contributed by atoms with van der Waals surface area (Å²) in [6.45, 7) is 3.49. The molecule has 0 aliphatic rings. The second-order valence-corrected chi connectivity index (χ2v) is 6.82. The number of amides is 1. The summed E-state index contributed by atoms with van der Waals surface area (Å²) in [4.78, 5) is 21.8. The maximum atomic E-state index is 13.6. The third-order valence-corrected chi connectivity index (χ3v) is 4.62. The first-order chi connectivity index (χ1) is 14.9. The zero-order chi connectivity index (χ0) is 22.0. The minimum absolute atomic E-state index is 0.149. The molecule has 1 aromatic carbocycles. The van der Waals surface area contributed by atoms with Crippen LogP contribution in [0.15, 0.2) is 48.9 Å². The molecule has 0 bridgehead atoms. The summed E-state index contributed by atoms with van der Waals surface area (Å²) in [5, 5.41) is 14.2. The van der Waals surface area contributed by atoms with Gasteiger partial charge in [-0.05, 0) is 54.5 Å². The molecule has 0 radical (unpaired) electrons. The van der Waals surface area contributed by atoms with Crippen LogP contribution in [-0.4, -0.2) is 36.1 Å². The molecule has 0 saturated heterocycles. The highest BCUT2D eigenvalue weighted by atomic mass is 19.1. The quantitative estimate of drug-likeness (QED) is 0.528. The molecule has 156 valence electrons. The zero-order valence-electron chi connectivity index (χ0n) is 17.0. The summed E-state index contributed by atoms with van der Waals surface area (Å²) in [5.74, 6) is -0.121. The van der Waals surface area contributed by atoms with Gasteiger partial charge >= 0.3 is 6.01 Å². The normalized spacial score (nSPS) is 10.7. The van der Waals surface area contributed by atoms with Gasteiger partial charge in [0.25, 0.3) is 5.91 Å². The van der Waals surface area contributed by atoms with Gasteiger partial charge in [-0.25, -0.2) is 9.37 Å². The minimum Gasteiger partial charge on any atom is -0.422 e. The number of rotatable bonds is 5. The predicted molar refractivity (Wildman–Crippen MR) is 110 cm³/mol. The molecular formula is C21H18FN7O2. The lowest BCUT2D eigenvalue weighted by molar-refractivity contribution is 0.102. The maximum absolute atomic E-state index is 13.6. The van der Waals surface area contributed by atoms with E-state index in [9.17, 15) is 9.18 Å². The van der Waals surface area contributed by atoms with Crippen molar-refractivity contribution in [3.63, 3.8) is 0 Å². The average molecular weight is 419 g/mol. The highest BCUT2D eigenvalue weighted by molar-refractivity contribution is 6.04. The van der Waals surface area contributed by atoms with Crippen molar-refractivity contribution in [1.29, 1.82) is 0 Å². The van der Waals surface area contributed by atoms with Crippen molar-refractivity contribution in [3.8, 4) is 22.9 Å². The van der Waals surface area contributed by atoms with E-state index < -0.39 is 11.7 Å². The van der Waals surface area contributed by atoms with Crippen LogP contribution in [-0.2, 0) is 7.05 Å². The van der Waals surface area contributed by atoms with E-state index in [1.807, 2.05) is 31.2 Å². The Morgan fingerprint density at radius 1 is 1.13 bits per heavy atom. The molecule has 0 aliphatic heterocycles. The zero-order valence-corrected chi connectivity index (χ0v) is 17.0. The molecule has 0 spiro atoms. The van der Waals surface area contributed by atoms with Crippen molar-refractivity contribution in [2.45, 2.75) is 13.8 Å². The molecule has 0 atom stereocenters. The number of carbonyl (C=O) groups is 1. The monoisotopic (exact) mass is 419 g/mol. The van der Waals surface area contributed by atoms with Gasteiger partial charge in [0.2, 0.25) is 0 Å². The van der Waals surface area contributed by atoms with E-state index in [0.717, 1.165) is 22.9 Å². The first-order valence-corrected chi connectivity index (χ1v) is 9.31. The Kier molecular flexibility index (Phi) is 5.35. The Bertz CT molecular complexity index is 1260. The molecule has 0 unspecified atom stereocenters. The molecular weight excluding hydrogens is 401 g/mol. The van der Waals surface area contributed by atoms with Crippen molar-refractivity contribution in [2.75, 3.05) is 5.32 Å². The number of aryl methyl sites for hydroxylation is 2. The van der Waals surface area contributed by atoms with Crippen molar-refractivity contribution in [2.24, 2.45) is 7.05 Å². The summed E-state index contributed by atoms with van der Waals surface area (Å²) in [6, 6.07) is 9.22. The van der Waals surface area contributed by atoms with E-state index in [-0.39, 0.29) is 17.1 Å². The number of anilines is 1. The van der Waals surface area contributed by atoms with Crippen LogP contribution in [0.5, 0.6) is 11.8 Å². The first-order valence-electron chi connectivity index (χ1n) is 9.31. The predicted octanol–water partition coefficient (Wildman–Crippen LogP) is 3.47. The average Bonchev–Trinajstić information content (AvgIpc) is 3.16. The maximum Gasteiger partial charge on any atom is 0.361 e. The number of nitrogens with zero attached hydrogens (tertiary/aromatic N) is 6. The van der Waals surface area contributed by atoms with Crippen LogP contribution < -0.4 is 10.1 Å². The molecule has 0 fully saturated rings. The van der Waals surface area contributed by atoms with Gasteiger partial charge in [-0.3, -0.25) is 9.78 Å². The van der Waals surface area contributed by atoms with Crippen molar-refractivity contribution in [1.82, 2.24) is 30.2 Å². The van der Waals surface area contributed by atoms with Crippen LogP contribution in [0.2, 0.25) is 0 Å². The number of tetrazole rings is 1. The molecule has 1 N–H and O–H groups in total. The van der Waals surface area contributed by atoms with E-state index in [4.69, 9.17) is 4.74 Å². The van der Waals surface area contributed by atoms with Crippen molar-refractivity contribution in [3.05, 3.63) is 71.4 Å². The van der Waals surface area contributed by atoms with Crippen LogP contribution >= 0.6 is 0 Å². The van der Waals surface area contributed by atoms with Crippen LogP contribution in [0.4, 0.5) is 10.2 Å². The number of halogens is 1. The molecule has 10 heteroatoms. The number of carbonyl (C=O) groups excluding carboxylic acids is 1. The fourth-order valence-electron chi connectivity index (χ4n) is 2.93. The number of aromatic nitrogens is 6. The van der Waals surface area contributed by atoms with Crippen molar-refractivity contribution >= 4 is 11.7 Å². The van der Waals surface area contributed by atoms with Crippen molar-refractivity contribution < 1.29 is 13.9 Å². The number of benzene rings is 1. The summed E-state index contributed by atoms with van der Waals surface area (Å²) in [6.07, 6.45) is 4.03. The number of hydrogen-bond donors (Lipinski definition) is 1. The van der Waals surface area contributed by atoms with E-state index in [0.29, 0.717) is 11.6 Å². The van der Waals surface area contributed by atoms with Gasteiger partial charge in [-0.1, -0.05) is 16.3 Å². The lowest BCUT2D eigenvalue weighted by Gasteiger charge is -2.10. The van der Waals surface area contributed by atoms with E-state index in [1.54, 1.807) is 19.3 Å². The van der Waals surface area contributed by atoms with Crippen LogP contribution in [0, 0.1) is 19.7 Å². The highest BCUT2D eigenvalue weighted by Gasteiger charge is 2.14. The van der Waals surface area contributed by atoms with Crippen LogP contribution in [0.1, 0.15) is 21.5 Å². The van der Waals surface area contributed by atoms with Crippen LogP contribution in [0.3, 0.4) is 0 Å². The lowest BCUT2D eigenvalue weighted by Crippen LogP contribution is -2.15. The second kappa shape index (κ2) is 8.27.